The van der Waals surface area contributed by atoms with Crippen molar-refractivity contribution in [2.24, 2.45) is 5.73 Å². The van der Waals surface area contributed by atoms with Gasteiger partial charge in [-0.05, 0) is 18.6 Å². The fourth-order valence-corrected chi connectivity index (χ4v) is 2.35. The van der Waals surface area contributed by atoms with Crippen LogP contribution < -0.4 is 5.73 Å². The zero-order chi connectivity index (χ0) is 11.4. The number of benzene rings is 1. The second kappa shape index (κ2) is 5.37. The second-order valence-corrected chi connectivity index (χ2v) is 4.79. The van der Waals surface area contributed by atoms with Crippen molar-refractivity contribution in [3.05, 3.63) is 30.2 Å². The number of hydrogen-bond acceptors (Lipinski definition) is 4. The van der Waals surface area contributed by atoms with Crippen LogP contribution in [0.15, 0.2) is 28.7 Å². The molecule has 0 radical (unpaired) electrons. The van der Waals surface area contributed by atoms with E-state index < -0.39 is 0 Å². The van der Waals surface area contributed by atoms with Gasteiger partial charge in [0, 0.05) is 11.8 Å². The molecule has 0 spiro atoms. The monoisotopic (exact) mass is 236 g/mol. The number of rotatable bonds is 5. The van der Waals surface area contributed by atoms with Gasteiger partial charge in [0.15, 0.2) is 5.58 Å². The van der Waals surface area contributed by atoms with Crippen molar-refractivity contribution in [3.8, 4) is 0 Å². The maximum absolute atomic E-state index is 5.84. The summed E-state index contributed by atoms with van der Waals surface area (Å²) in [6.45, 7) is 2.10. The normalized spacial score (nSPS) is 13.1. The molecule has 1 aromatic carbocycles. The van der Waals surface area contributed by atoms with Gasteiger partial charge in [-0.2, -0.15) is 11.8 Å². The lowest BCUT2D eigenvalue weighted by molar-refractivity contribution is 0.556. The summed E-state index contributed by atoms with van der Waals surface area (Å²) in [5, 5.41) is 0. The zero-order valence-corrected chi connectivity index (χ0v) is 10.2. The second-order valence-electron chi connectivity index (χ2n) is 3.76. The summed E-state index contributed by atoms with van der Waals surface area (Å²) >= 11 is 1.77. The Morgan fingerprint density at radius 2 is 2.25 bits per heavy atom. The molecule has 86 valence electrons. The van der Waals surface area contributed by atoms with Crippen LogP contribution >= 0.6 is 11.8 Å². The number of thioether (sulfide) groups is 1. The largest absolute Gasteiger partial charge is 0.440 e. The third kappa shape index (κ3) is 2.77. The topological polar surface area (TPSA) is 52.0 Å². The highest BCUT2D eigenvalue weighted by Crippen LogP contribution is 2.19. The minimum absolute atomic E-state index is 0.273. The van der Waals surface area contributed by atoms with Crippen molar-refractivity contribution >= 4 is 22.9 Å². The van der Waals surface area contributed by atoms with E-state index in [9.17, 15) is 0 Å². The van der Waals surface area contributed by atoms with E-state index in [1.54, 1.807) is 11.8 Å². The molecular formula is C12H16N2OS. The van der Waals surface area contributed by atoms with Crippen molar-refractivity contribution in [1.82, 2.24) is 4.98 Å². The molecule has 2 rings (SSSR count). The molecule has 1 unspecified atom stereocenters. The van der Waals surface area contributed by atoms with Crippen LogP contribution in [0.3, 0.4) is 0 Å². The van der Waals surface area contributed by atoms with E-state index in [4.69, 9.17) is 10.2 Å². The van der Waals surface area contributed by atoms with Gasteiger partial charge in [0.25, 0.3) is 0 Å². The molecule has 2 aromatic rings. The first-order chi connectivity index (χ1) is 7.79. The number of nitrogens with zero attached hydrogens (tertiary/aromatic N) is 1. The Kier molecular flexibility index (Phi) is 3.85. The molecule has 0 amide bonds. The van der Waals surface area contributed by atoms with Crippen LogP contribution in [-0.2, 0) is 5.75 Å². The van der Waals surface area contributed by atoms with Crippen LogP contribution in [0, 0.1) is 0 Å². The number of nitrogens with two attached hydrogens (primary N) is 1. The molecule has 2 N–H and O–H groups in total. The summed E-state index contributed by atoms with van der Waals surface area (Å²) in [6, 6.07) is 8.10. The molecular weight excluding hydrogens is 220 g/mol. The smallest absolute Gasteiger partial charge is 0.205 e. The molecule has 1 atom stereocenters. The summed E-state index contributed by atoms with van der Waals surface area (Å²) in [4.78, 5) is 4.41. The summed E-state index contributed by atoms with van der Waals surface area (Å²) in [5.41, 5.74) is 7.63. The third-order valence-corrected chi connectivity index (χ3v) is 3.53. The zero-order valence-electron chi connectivity index (χ0n) is 9.35. The lowest BCUT2D eigenvalue weighted by Crippen LogP contribution is -2.21. The van der Waals surface area contributed by atoms with Gasteiger partial charge in [-0.25, -0.2) is 4.98 Å². The number of fused-ring (bicyclic) bond motifs is 1. The maximum atomic E-state index is 5.84. The Hall–Kier alpha value is -1.00. The van der Waals surface area contributed by atoms with E-state index in [0.29, 0.717) is 0 Å². The fraction of sp³-hybridized carbons (Fsp3) is 0.417. The van der Waals surface area contributed by atoms with Crippen molar-refractivity contribution < 1.29 is 4.42 Å². The van der Waals surface area contributed by atoms with Gasteiger partial charge in [0.1, 0.15) is 5.52 Å². The summed E-state index contributed by atoms with van der Waals surface area (Å²) in [7, 11) is 0. The van der Waals surface area contributed by atoms with Gasteiger partial charge >= 0.3 is 0 Å². The number of oxazole rings is 1. The van der Waals surface area contributed by atoms with E-state index in [1.807, 2.05) is 24.3 Å². The Morgan fingerprint density at radius 3 is 3.00 bits per heavy atom. The Bertz CT molecular complexity index is 422. The molecule has 0 aliphatic heterocycles. The molecule has 1 aromatic heterocycles. The Balaban J connectivity index is 1.94. The first kappa shape index (κ1) is 11.5. The summed E-state index contributed by atoms with van der Waals surface area (Å²) in [5.74, 6) is 2.53. The fourth-order valence-electron chi connectivity index (χ4n) is 1.40. The quantitative estimate of drug-likeness (QED) is 0.867. The van der Waals surface area contributed by atoms with E-state index in [1.165, 1.54) is 0 Å². The first-order valence-electron chi connectivity index (χ1n) is 5.47. The highest BCUT2D eigenvalue weighted by molar-refractivity contribution is 7.98. The van der Waals surface area contributed by atoms with Gasteiger partial charge in [0.2, 0.25) is 5.89 Å². The minimum atomic E-state index is 0.273. The van der Waals surface area contributed by atoms with E-state index in [2.05, 4.69) is 11.9 Å². The molecule has 0 aliphatic rings. The van der Waals surface area contributed by atoms with Gasteiger partial charge in [-0.1, -0.05) is 19.1 Å². The van der Waals surface area contributed by atoms with Crippen molar-refractivity contribution in [1.29, 1.82) is 0 Å². The van der Waals surface area contributed by atoms with Gasteiger partial charge in [-0.3, -0.25) is 0 Å². The Morgan fingerprint density at radius 1 is 1.44 bits per heavy atom. The standard InChI is InChI=1S/C12H16N2OS/c1-2-9(13)7-16-8-12-14-10-5-3-4-6-11(10)15-12/h3-6,9H,2,7-8,13H2,1H3. The number of aromatic nitrogens is 1. The number of hydrogen-bond donors (Lipinski definition) is 1. The highest BCUT2D eigenvalue weighted by Gasteiger charge is 2.06. The van der Waals surface area contributed by atoms with Crippen molar-refractivity contribution in [2.45, 2.75) is 25.1 Å². The molecule has 1 heterocycles. The van der Waals surface area contributed by atoms with Crippen LogP contribution in [0.5, 0.6) is 0 Å². The van der Waals surface area contributed by atoms with Gasteiger partial charge in [0.05, 0.1) is 5.75 Å². The van der Waals surface area contributed by atoms with Crippen molar-refractivity contribution in [3.63, 3.8) is 0 Å². The predicted octanol–water partition coefficient (Wildman–Crippen LogP) is 2.80. The van der Waals surface area contributed by atoms with E-state index in [0.717, 1.165) is 34.9 Å². The molecule has 0 saturated carbocycles. The molecule has 0 aliphatic carbocycles. The Labute approximate surface area is 99.4 Å². The first-order valence-corrected chi connectivity index (χ1v) is 6.63. The van der Waals surface area contributed by atoms with Crippen LogP contribution in [0.1, 0.15) is 19.2 Å². The molecule has 4 heteroatoms. The average molecular weight is 236 g/mol. The summed E-state index contributed by atoms with van der Waals surface area (Å²) < 4.78 is 5.61. The summed E-state index contributed by atoms with van der Waals surface area (Å²) in [6.07, 6.45) is 1.01. The van der Waals surface area contributed by atoms with Crippen LogP contribution in [0.25, 0.3) is 11.1 Å². The lowest BCUT2D eigenvalue weighted by atomic mass is 10.3. The molecule has 3 nitrogen and oxygen atoms in total. The molecule has 16 heavy (non-hydrogen) atoms. The average Bonchev–Trinajstić information content (AvgIpc) is 2.71. The predicted molar refractivity (Wildman–Crippen MR) is 68.4 cm³/mol. The minimum Gasteiger partial charge on any atom is -0.440 e. The van der Waals surface area contributed by atoms with Crippen LogP contribution in [0.2, 0.25) is 0 Å². The molecule has 0 fully saturated rings. The van der Waals surface area contributed by atoms with Crippen LogP contribution in [-0.4, -0.2) is 16.8 Å². The SMILES string of the molecule is CCC(N)CSCc1nc2ccccc2o1. The van der Waals surface area contributed by atoms with Gasteiger partial charge in [-0.15, -0.1) is 0 Å². The van der Waals surface area contributed by atoms with Crippen LogP contribution in [0.4, 0.5) is 0 Å². The third-order valence-electron chi connectivity index (χ3n) is 2.42. The van der Waals surface area contributed by atoms with E-state index in [-0.39, 0.29) is 6.04 Å². The maximum Gasteiger partial charge on any atom is 0.205 e. The van der Waals surface area contributed by atoms with E-state index >= 15 is 0 Å². The molecule has 0 bridgehead atoms. The van der Waals surface area contributed by atoms with Gasteiger partial charge < -0.3 is 10.2 Å². The number of para-hydroxylation sites is 2. The van der Waals surface area contributed by atoms with Crippen molar-refractivity contribution in [2.75, 3.05) is 5.75 Å². The molecule has 0 saturated heterocycles. The highest BCUT2D eigenvalue weighted by atomic mass is 32.2. The lowest BCUT2D eigenvalue weighted by Gasteiger charge is -2.05.